The van der Waals surface area contributed by atoms with E-state index in [-0.39, 0.29) is 32.2 Å². The molecule has 0 unspecified atom stereocenters. The van der Waals surface area contributed by atoms with Crippen molar-refractivity contribution >= 4 is 17.2 Å². The Morgan fingerprint density at radius 2 is 1.21 bits per heavy atom. The minimum atomic E-state index is -0.197. The van der Waals surface area contributed by atoms with Crippen LogP contribution in [0.3, 0.4) is 0 Å². The minimum Gasteiger partial charge on any atom is -0.507 e. The second kappa shape index (κ2) is 16.7. The summed E-state index contributed by atoms with van der Waals surface area (Å²) >= 11 is 0. The number of hydrogen-bond donors (Lipinski definition) is 1. The molecule has 8 rings (SSSR count). The number of pyridine rings is 2. The number of aromatic hydroxyl groups is 1. The van der Waals surface area contributed by atoms with E-state index in [0.717, 1.165) is 68.3 Å². The van der Waals surface area contributed by atoms with Gasteiger partial charge in [-0.05, 0) is 87.4 Å². The Bertz CT molecular complexity index is 2550. The first-order chi connectivity index (χ1) is 26.8. The summed E-state index contributed by atoms with van der Waals surface area (Å²) in [4.78, 5) is 12.4. The molecule has 0 atom stereocenters. The number of anilines is 3. The third-order valence-electron chi connectivity index (χ3n) is 9.87. The molecule has 0 bridgehead atoms. The number of phenolic OH excluding ortho intramolecular Hbond substituents is 1. The Balaban J connectivity index is 0.00000480. The molecule has 6 aromatic carbocycles. The zero-order chi connectivity index (χ0) is 37.8. The molecule has 0 aliphatic carbocycles. The monoisotopic (exact) mass is 907 g/mol. The topological polar surface area (TPSA) is 49.3 Å². The minimum absolute atomic E-state index is 0. The molecule has 0 saturated carbocycles. The first-order valence-electron chi connectivity index (χ1n) is 18.7. The van der Waals surface area contributed by atoms with Gasteiger partial charge in [-0.25, -0.2) is 4.98 Å². The maximum absolute atomic E-state index is 11.4. The summed E-state index contributed by atoms with van der Waals surface area (Å²) in [5, 5.41) is 11.4. The van der Waals surface area contributed by atoms with Crippen LogP contribution in [-0.4, -0.2) is 15.1 Å². The van der Waals surface area contributed by atoms with Crippen molar-refractivity contribution in [1.82, 2.24) is 9.97 Å². The Morgan fingerprint density at radius 3 is 1.91 bits per heavy atom. The standard InChI is InChI=1S/C51H42N3O.Pt/c1-51(2,3)42-31-41(32-43(35-42)54(50-25-15-16-28-52-50)48-24-14-13-23-44(48)39-21-11-6-12-22-39)46-33-40(38-19-9-5-10-20-38)34-47(53-46)45-30-37(26-27-49(45)55)29-36-17-7-4-8-18-36;/h4-28,30-31,33-35,55H,29H2,1-3H3;/q-1;. The van der Waals surface area contributed by atoms with E-state index in [4.69, 9.17) is 9.97 Å². The van der Waals surface area contributed by atoms with E-state index in [1.165, 1.54) is 5.56 Å². The molecule has 2 aromatic heterocycles. The van der Waals surface area contributed by atoms with Gasteiger partial charge in [0.05, 0.1) is 11.4 Å². The van der Waals surface area contributed by atoms with Crippen LogP contribution < -0.4 is 4.90 Å². The molecule has 0 radical (unpaired) electrons. The molecule has 4 nitrogen and oxygen atoms in total. The van der Waals surface area contributed by atoms with Gasteiger partial charge in [-0.15, -0.1) is 29.3 Å². The number of hydrogen-bond acceptors (Lipinski definition) is 4. The Morgan fingerprint density at radius 1 is 0.571 bits per heavy atom. The summed E-state index contributed by atoms with van der Waals surface area (Å²) in [7, 11) is 0. The number of aromatic nitrogens is 2. The summed E-state index contributed by atoms with van der Waals surface area (Å²) in [6.45, 7) is 6.69. The molecule has 0 aliphatic heterocycles. The number of benzene rings is 6. The van der Waals surface area contributed by atoms with Crippen LogP contribution in [0, 0.1) is 6.07 Å². The van der Waals surface area contributed by atoms with E-state index in [9.17, 15) is 5.11 Å². The van der Waals surface area contributed by atoms with Crippen molar-refractivity contribution in [2.75, 3.05) is 4.90 Å². The van der Waals surface area contributed by atoms with Crippen LogP contribution in [0.15, 0.2) is 182 Å². The third kappa shape index (κ3) is 8.42. The van der Waals surface area contributed by atoms with Crippen molar-refractivity contribution in [1.29, 1.82) is 0 Å². The molecule has 1 N–H and O–H groups in total. The fraction of sp³-hybridized carbons (Fsp3) is 0.0980. The van der Waals surface area contributed by atoms with Gasteiger partial charge in [0.15, 0.2) is 0 Å². The van der Waals surface area contributed by atoms with E-state index >= 15 is 0 Å². The van der Waals surface area contributed by atoms with Gasteiger partial charge in [0.2, 0.25) is 0 Å². The van der Waals surface area contributed by atoms with Gasteiger partial charge in [0.25, 0.3) is 0 Å². The van der Waals surface area contributed by atoms with Crippen molar-refractivity contribution < 1.29 is 26.2 Å². The molecule has 0 spiro atoms. The van der Waals surface area contributed by atoms with Crippen LogP contribution in [0.2, 0.25) is 0 Å². The van der Waals surface area contributed by atoms with E-state index in [1.807, 2.05) is 60.8 Å². The molecule has 0 aliphatic rings. The van der Waals surface area contributed by atoms with Gasteiger partial charge in [0, 0.05) is 38.4 Å². The summed E-state index contributed by atoms with van der Waals surface area (Å²) in [5.41, 5.74) is 12.3. The Labute approximate surface area is 344 Å². The maximum atomic E-state index is 11.4. The molecule has 0 fully saturated rings. The number of phenols is 1. The van der Waals surface area contributed by atoms with E-state index in [1.54, 1.807) is 6.07 Å². The second-order valence-electron chi connectivity index (χ2n) is 14.8. The summed E-state index contributed by atoms with van der Waals surface area (Å²) in [6, 6.07) is 63.9. The van der Waals surface area contributed by atoms with Crippen molar-refractivity contribution in [2.24, 2.45) is 0 Å². The summed E-state index contributed by atoms with van der Waals surface area (Å²) in [6.07, 6.45) is 2.58. The molecule has 2 heterocycles. The van der Waals surface area contributed by atoms with Crippen molar-refractivity contribution in [2.45, 2.75) is 32.6 Å². The predicted molar refractivity (Wildman–Crippen MR) is 227 cm³/mol. The van der Waals surface area contributed by atoms with Crippen molar-refractivity contribution in [3.63, 3.8) is 0 Å². The van der Waals surface area contributed by atoms with Crippen molar-refractivity contribution in [3.8, 4) is 50.5 Å². The van der Waals surface area contributed by atoms with E-state index < -0.39 is 0 Å². The molecule has 56 heavy (non-hydrogen) atoms. The maximum Gasteiger partial charge on any atom is 0.136 e. The van der Waals surface area contributed by atoms with E-state index in [0.29, 0.717) is 11.3 Å². The third-order valence-corrected chi connectivity index (χ3v) is 9.87. The quantitative estimate of drug-likeness (QED) is 0.147. The summed E-state index contributed by atoms with van der Waals surface area (Å²) in [5.74, 6) is 0.971. The smallest absolute Gasteiger partial charge is 0.136 e. The van der Waals surface area contributed by atoms with Gasteiger partial charge in [-0.2, -0.15) is 0 Å². The molecular weight excluding hydrogens is 866 g/mol. The molecule has 278 valence electrons. The van der Waals surface area contributed by atoms with Crippen LogP contribution >= 0.6 is 0 Å². The van der Waals surface area contributed by atoms with Gasteiger partial charge >= 0.3 is 0 Å². The van der Waals surface area contributed by atoms with Crippen LogP contribution in [0.25, 0.3) is 44.8 Å². The van der Waals surface area contributed by atoms with Gasteiger partial charge in [-0.3, -0.25) is 4.98 Å². The van der Waals surface area contributed by atoms with E-state index in [2.05, 4.69) is 147 Å². The largest absolute Gasteiger partial charge is 0.507 e. The second-order valence-corrected chi connectivity index (χ2v) is 14.8. The average Bonchev–Trinajstić information content (AvgIpc) is 3.23. The van der Waals surface area contributed by atoms with Crippen molar-refractivity contribution in [3.05, 3.63) is 205 Å². The zero-order valence-corrected chi connectivity index (χ0v) is 33.9. The zero-order valence-electron chi connectivity index (χ0n) is 31.6. The molecular formula is C51H42N3OPt-. The number of rotatable bonds is 9. The average molecular weight is 908 g/mol. The Kier molecular flexibility index (Phi) is 11.4. The van der Waals surface area contributed by atoms with Gasteiger partial charge < -0.3 is 10.0 Å². The van der Waals surface area contributed by atoms with Crippen LogP contribution in [0.4, 0.5) is 17.2 Å². The fourth-order valence-corrected chi connectivity index (χ4v) is 6.97. The number of nitrogens with zero attached hydrogens (tertiary/aromatic N) is 3. The molecule has 8 aromatic rings. The van der Waals surface area contributed by atoms with Gasteiger partial charge in [-0.1, -0.05) is 148 Å². The molecule has 0 saturated heterocycles. The Hall–Kier alpha value is -6.09. The normalized spacial score (nSPS) is 11.1. The SMILES string of the molecule is CC(C)(C)c1cc(-c2cc(-c3ccccc3)cc(-c3cc(Cc4ccccc4)ccc3O)n2)[c-]c(N(c2ccccn2)c2ccccc2-c2ccccc2)c1.[Pt]. The molecule has 5 heteroatoms. The van der Waals surface area contributed by atoms with Crippen LogP contribution in [-0.2, 0) is 32.9 Å². The van der Waals surface area contributed by atoms with Crippen LogP contribution in [0.5, 0.6) is 5.75 Å². The summed E-state index contributed by atoms with van der Waals surface area (Å²) < 4.78 is 0. The molecule has 0 amide bonds. The van der Waals surface area contributed by atoms with Gasteiger partial charge in [0.1, 0.15) is 11.6 Å². The number of para-hydroxylation sites is 1. The fourth-order valence-electron chi connectivity index (χ4n) is 6.97. The first kappa shape index (κ1) is 38.2. The predicted octanol–water partition coefficient (Wildman–Crippen LogP) is 13.0. The van der Waals surface area contributed by atoms with Crippen LogP contribution in [0.1, 0.15) is 37.5 Å². The first-order valence-corrected chi connectivity index (χ1v) is 18.7.